The van der Waals surface area contributed by atoms with E-state index >= 15 is 0 Å². The number of likely N-dealkylation sites (tertiary alicyclic amines) is 1. The van der Waals surface area contributed by atoms with E-state index in [-0.39, 0.29) is 0 Å². The molecule has 0 saturated carbocycles. The highest BCUT2D eigenvalue weighted by atomic mass is 15.2. The molecule has 7 heteroatoms. The number of aromatic nitrogens is 3. The van der Waals surface area contributed by atoms with Crippen molar-refractivity contribution in [1.82, 2.24) is 30.3 Å². The van der Waals surface area contributed by atoms with E-state index in [9.17, 15) is 0 Å². The molecule has 1 saturated heterocycles. The second-order valence-electron chi connectivity index (χ2n) is 6.56. The molecule has 2 rings (SSSR count). The van der Waals surface area contributed by atoms with Gasteiger partial charge in [0.15, 0.2) is 5.96 Å². The van der Waals surface area contributed by atoms with Crippen molar-refractivity contribution in [2.24, 2.45) is 4.99 Å². The van der Waals surface area contributed by atoms with E-state index < -0.39 is 0 Å². The number of hydrogen-bond donors (Lipinski definition) is 2. The molecule has 7 nitrogen and oxygen atoms in total. The Morgan fingerprint density at radius 1 is 1.25 bits per heavy atom. The lowest BCUT2D eigenvalue weighted by molar-refractivity contribution is 0.221. The fraction of sp³-hybridized carbons (Fsp3) is 0.706. The highest BCUT2D eigenvalue weighted by Gasteiger charge is 2.19. The summed E-state index contributed by atoms with van der Waals surface area (Å²) in [5.41, 5.74) is 1.24. The minimum atomic E-state index is 0.509. The Kier molecular flexibility index (Phi) is 7.74. The van der Waals surface area contributed by atoms with Crippen molar-refractivity contribution in [3.63, 3.8) is 0 Å². The zero-order chi connectivity index (χ0) is 17.2. The van der Waals surface area contributed by atoms with Crippen molar-refractivity contribution in [2.45, 2.75) is 45.2 Å². The van der Waals surface area contributed by atoms with Crippen LogP contribution in [-0.4, -0.2) is 64.9 Å². The molecule has 1 fully saturated rings. The molecule has 0 radical (unpaired) electrons. The van der Waals surface area contributed by atoms with Crippen LogP contribution in [0.25, 0.3) is 0 Å². The summed E-state index contributed by atoms with van der Waals surface area (Å²) in [7, 11) is 1.84. The first-order valence-electron chi connectivity index (χ1n) is 8.83. The lowest BCUT2D eigenvalue weighted by atomic mass is 10.0. The molecule has 0 spiro atoms. The molecule has 2 N–H and O–H groups in total. The first-order valence-corrected chi connectivity index (χ1v) is 8.83. The van der Waals surface area contributed by atoms with Crippen molar-refractivity contribution in [1.29, 1.82) is 0 Å². The average Bonchev–Trinajstić information content (AvgIpc) is 3.08. The van der Waals surface area contributed by atoms with Crippen LogP contribution in [0.5, 0.6) is 0 Å². The van der Waals surface area contributed by atoms with Crippen LogP contribution in [0, 0.1) is 0 Å². The van der Waals surface area contributed by atoms with Gasteiger partial charge in [0.05, 0.1) is 0 Å². The quantitative estimate of drug-likeness (QED) is 0.324. The summed E-state index contributed by atoms with van der Waals surface area (Å²) in [5, 5.41) is 14.6. The predicted octanol–water partition coefficient (Wildman–Crippen LogP) is 1.26. The second kappa shape index (κ2) is 10.1. The number of aliphatic imine (C=N–C) groups is 1. The lowest BCUT2D eigenvalue weighted by Crippen LogP contribution is -2.49. The maximum atomic E-state index is 4.34. The number of rotatable bonds is 8. The molecule has 1 aromatic rings. The molecule has 1 aliphatic rings. The molecule has 0 aliphatic carbocycles. The van der Waals surface area contributed by atoms with Gasteiger partial charge in [-0.05, 0) is 32.6 Å². The van der Waals surface area contributed by atoms with Crippen LogP contribution < -0.4 is 10.6 Å². The van der Waals surface area contributed by atoms with Gasteiger partial charge in [0.25, 0.3) is 0 Å². The average molecular weight is 333 g/mol. The Morgan fingerprint density at radius 3 is 2.58 bits per heavy atom. The molecular formula is C17H31N7. The van der Waals surface area contributed by atoms with Gasteiger partial charge in [0, 0.05) is 45.8 Å². The molecule has 24 heavy (non-hydrogen) atoms. The molecule has 1 aliphatic heterocycles. The van der Waals surface area contributed by atoms with Crippen LogP contribution in [0.3, 0.4) is 0 Å². The van der Waals surface area contributed by atoms with Crippen LogP contribution in [0.1, 0.15) is 32.6 Å². The summed E-state index contributed by atoms with van der Waals surface area (Å²) in [6.07, 6.45) is 8.02. The van der Waals surface area contributed by atoms with Crippen molar-refractivity contribution in [3.05, 3.63) is 24.8 Å². The summed E-state index contributed by atoms with van der Waals surface area (Å²) in [4.78, 5) is 6.81. The molecule has 0 aromatic carbocycles. The van der Waals surface area contributed by atoms with Crippen LogP contribution in [0.4, 0.5) is 0 Å². The fourth-order valence-corrected chi connectivity index (χ4v) is 2.97. The van der Waals surface area contributed by atoms with Gasteiger partial charge in [0.1, 0.15) is 12.7 Å². The molecule has 0 atom stereocenters. The van der Waals surface area contributed by atoms with E-state index in [2.05, 4.69) is 44.2 Å². The van der Waals surface area contributed by atoms with Gasteiger partial charge in [-0.1, -0.05) is 12.2 Å². The van der Waals surface area contributed by atoms with E-state index in [1.165, 1.54) is 5.57 Å². The predicted molar refractivity (Wildman–Crippen MR) is 98.0 cm³/mol. The number of nitrogens with zero attached hydrogens (tertiary/aromatic N) is 5. The summed E-state index contributed by atoms with van der Waals surface area (Å²) in [6.45, 7) is 11.3. The monoisotopic (exact) mass is 333 g/mol. The molecule has 0 amide bonds. The van der Waals surface area contributed by atoms with Crippen molar-refractivity contribution < 1.29 is 0 Å². The SMILES string of the molecule is C=C(C)CN1CCC(NC(=NC)NCCCCn2cnnc2)CC1. The third-order valence-electron chi connectivity index (χ3n) is 4.25. The number of guanidine groups is 1. The minimum Gasteiger partial charge on any atom is -0.356 e. The summed E-state index contributed by atoms with van der Waals surface area (Å²) < 4.78 is 2.01. The smallest absolute Gasteiger partial charge is 0.191 e. The van der Waals surface area contributed by atoms with Gasteiger partial charge in [-0.25, -0.2) is 0 Å². The van der Waals surface area contributed by atoms with E-state index in [0.717, 1.165) is 64.4 Å². The minimum absolute atomic E-state index is 0.509. The highest BCUT2D eigenvalue weighted by Crippen LogP contribution is 2.11. The first kappa shape index (κ1) is 18.4. The van der Waals surface area contributed by atoms with E-state index in [0.29, 0.717) is 6.04 Å². The van der Waals surface area contributed by atoms with Crippen LogP contribution in [0.2, 0.25) is 0 Å². The Morgan fingerprint density at radius 2 is 1.96 bits per heavy atom. The van der Waals surface area contributed by atoms with Crippen LogP contribution in [0.15, 0.2) is 29.8 Å². The number of piperidine rings is 1. The van der Waals surface area contributed by atoms with Gasteiger partial charge >= 0.3 is 0 Å². The maximum Gasteiger partial charge on any atom is 0.191 e. The number of hydrogen-bond acceptors (Lipinski definition) is 4. The van der Waals surface area contributed by atoms with E-state index in [4.69, 9.17) is 0 Å². The third kappa shape index (κ3) is 6.70. The topological polar surface area (TPSA) is 70.4 Å². The molecule has 1 aromatic heterocycles. The molecule has 134 valence electrons. The van der Waals surface area contributed by atoms with Crippen LogP contribution in [-0.2, 0) is 6.54 Å². The largest absolute Gasteiger partial charge is 0.356 e. The van der Waals surface area contributed by atoms with Gasteiger partial charge in [-0.2, -0.15) is 0 Å². The number of unbranched alkanes of at least 4 members (excludes halogenated alkanes) is 1. The highest BCUT2D eigenvalue weighted by molar-refractivity contribution is 5.79. The zero-order valence-corrected chi connectivity index (χ0v) is 15.0. The summed E-state index contributed by atoms with van der Waals surface area (Å²) >= 11 is 0. The van der Waals surface area contributed by atoms with Gasteiger partial charge in [-0.15, -0.1) is 10.2 Å². The van der Waals surface area contributed by atoms with Crippen LogP contribution >= 0.6 is 0 Å². The summed E-state index contributed by atoms with van der Waals surface area (Å²) in [6, 6.07) is 0.509. The normalized spacial score (nSPS) is 17.0. The Bertz CT molecular complexity index is 501. The van der Waals surface area contributed by atoms with Gasteiger partial charge in [-0.3, -0.25) is 9.89 Å². The van der Waals surface area contributed by atoms with Gasteiger partial charge < -0.3 is 15.2 Å². The fourth-order valence-electron chi connectivity index (χ4n) is 2.97. The third-order valence-corrected chi connectivity index (χ3v) is 4.25. The van der Waals surface area contributed by atoms with E-state index in [1.54, 1.807) is 12.7 Å². The van der Waals surface area contributed by atoms with Crippen molar-refractivity contribution >= 4 is 5.96 Å². The van der Waals surface area contributed by atoms with Crippen molar-refractivity contribution in [2.75, 3.05) is 33.2 Å². The summed E-state index contributed by atoms with van der Waals surface area (Å²) in [5.74, 6) is 0.914. The maximum absolute atomic E-state index is 4.34. The zero-order valence-electron chi connectivity index (χ0n) is 15.0. The Hall–Kier alpha value is -1.89. The van der Waals surface area contributed by atoms with Crippen molar-refractivity contribution in [3.8, 4) is 0 Å². The Labute approximate surface area is 145 Å². The van der Waals surface area contributed by atoms with E-state index in [1.807, 2.05) is 11.6 Å². The molecule has 2 heterocycles. The second-order valence-corrected chi connectivity index (χ2v) is 6.56. The molecular weight excluding hydrogens is 302 g/mol. The van der Waals surface area contributed by atoms with Gasteiger partial charge in [0.2, 0.25) is 0 Å². The number of aryl methyl sites for hydroxylation is 1. The molecule has 0 bridgehead atoms. The first-order chi connectivity index (χ1) is 11.7. The Balaban J connectivity index is 1.58. The standard InChI is InChI=1S/C17H31N7/c1-15(2)12-23-10-6-16(7-11-23)22-17(18-3)19-8-4-5-9-24-13-20-21-14-24/h13-14,16H,1,4-12H2,2-3H3,(H2,18,19,22). The number of nitrogens with one attached hydrogen (secondary N) is 2. The lowest BCUT2D eigenvalue weighted by Gasteiger charge is -2.33. The molecule has 0 unspecified atom stereocenters.